The Labute approximate surface area is 81.5 Å². The Kier molecular flexibility index (Phi) is 2.18. The molecule has 4 heteroatoms. The highest BCUT2D eigenvalue weighted by Gasteiger charge is 2.05. The lowest BCUT2D eigenvalue weighted by atomic mass is 10.2. The van der Waals surface area contributed by atoms with E-state index in [1.54, 1.807) is 26.4 Å². The molecule has 1 heterocycles. The normalized spacial score (nSPS) is 10.1. The molecule has 0 bridgehead atoms. The predicted octanol–water partition coefficient (Wildman–Crippen LogP) is 1.45. The molecule has 0 atom stereocenters. The first-order valence-corrected chi connectivity index (χ1v) is 4.09. The van der Waals surface area contributed by atoms with Crippen LogP contribution < -0.4 is 9.47 Å². The molecule has 1 aromatic carbocycles. The lowest BCUT2D eigenvalue weighted by Crippen LogP contribution is -1.91. The maximum atomic E-state index is 5.15. The maximum Gasteiger partial charge on any atom is 0.162 e. The average molecular weight is 189 g/mol. The molecule has 0 saturated heterocycles. The van der Waals surface area contributed by atoms with Gasteiger partial charge in [0.25, 0.3) is 0 Å². The van der Waals surface area contributed by atoms with E-state index in [4.69, 9.17) is 9.47 Å². The SMILES string of the molecule is COc1cc2[c]ncnc2cc1OC. The molecule has 0 aliphatic rings. The molecule has 1 aromatic heterocycles. The summed E-state index contributed by atoms with van der Waals surface area (Å²) in [5, 5.41) is 0.810. The summed E-state index contributed by atoms with van der Waals surface area (Å²) in [6.07, 6.45) is 4.28. The van der Waals surface area contributed by atoms with Crippen LogP contribution in [-0.2, 0) is 0 Å². The summed E-state index contributed by atoms with van der Waals surface area (Å²) in [5.74, 6) is 1.32. The average Bonchev–Trinajstić information content (AvgIpc) is 2.27. The van der Waals surface area contributed by atoms with Crippen LogP contribution in [0.5, 0.6) is 11.5 Å². The van der Waals surface area contributed by atoms with Crippen LogP contribution in [0.4, 0.5) is 0 Å². The Morgan fingerprint density at radius 2 is 1.86 bits per heavy atom. The van der Waals surface area contributed by atoms with Crippen molar-refractivity contribution in [3.63, 3.8) is 0 Å². The van der Waals surface area contributed by atoms with Crippen molar-refractivity contribution in [1.29, 1.82) is 0 Å². The van der Waals surface area contributed by atoms with E-state index < -0.39 is 0 Å². The molecule has 0 saturated carbocycles. The summed E-state index contributed by atoms with van der Waals surface area (Å²) in [4.78, 5) is 7.90. The second-order valence-electron chi connectivity index (χ2n) is 2.71. The molecule has 0 fully saturated rings. The number of rotatable bonds is 2. The third-order valence-electron chi connectivity index (χ3n) is 1.94. The Hall–Kier alpha value is -1.84. The maximum absolute atomic E-state index is 5.15. The number of fused-ring (bicyclic) bond motifs is 1. The van der Waals surface area contributed by atoms with Crippen molar-refractivity contribution in [3.05, 3.63) is 24.7 Å². The first-order chi connectivity index (χ1) is 6.85. The van der Waals surface area contributed by atoms with Crippen molar-refractivity contribution in [2.75, 3.05) is 14.2 Å². The lowest BCUT2D eigenvalue weighted by molar-refractivity contribution is 0.356. The molecule has 0 unspecified atom stereocenters. The number of aromatic nitrogens is 2. The van der Waals surface area contributed by atoms with Gasteiger partial charge in [-0.05, 0) is 6.07 Å². The molecule has 0 N–H and O–H groups in total. The van der Waals surface area contributed by atoms with Gasteiger partial charge in [0, 0.05) is 11.5 Å². The Bertz CT molecular complexity index is 414. The zero-order valence-corrected chi connectivity index (χ0v) is 7.94. The third kappa shape index (κ3) is 1.35. The van der Waals surface area contributed by atoms with Gasteiger partial charge in [0.2, 0.25) is 0 Å². The summed E-state index contributed by atoms with van der Waals surface area (Å²) in [6.45, 7) is 0. The largest absolute Gasteiger partial charge is 0.493 e. The van der Waals surface area contributed by atoms with Gasteiger partial charge in [-0.25, -0.2) is 9.97 Å². The minimum Gasteiger partial charge on any atom is -0.493 e. The molecule has 0 aliphatic carbocycles. The number of methoxy groups -OCH3 is 2. The number of hydrogen-bond donors (Lipinski definition) is 0. The molecule has 71 valence electrons. The molecular formula is C10H9N2O2. The number of benzene rings is 1. The van der Waals surface area contributed by atoms with Gasteiger partial charge in [0.05, 0.1) is 19.7 Å². The van der Waals surface area contributed by atoms with E-state index in [-0.39, 0.29) is 0 Å². The van der Waals surface area contributed by atoms with Crippen molar-refractivity contribution < 1.29 is 9.47 Å². The Balaban J connectivity index is 2.69. The minimum absolute atomic E-state index is 0.658. The van der Waals surface area contributed by atoms with Crippen LogP contribution in [0.1, 0.15) is 0 Å². The summed E-state index contributed by atoms with van der Waals surface area (Å²) < 4.78 is 10.3. The highest BCUT2D eigenvalue weighted by atomic mass is 16.5. The van der Waals surface area contributed by atoms with Gasteiger partial charge >= 0.3 is 0 Å². The van der Waals surface area contributed by atoms with Crippen LogP contribution in [-0.4, -0.2) is 24.2 Å². The van der Waals surface area contributed by atoms with Crippen molar-refractivity contribution in [3.8, 4) is 11.5 Å². The predicted molar refractivity (Wildman–Crippen MR) is 51.5 cm³/mol. The van der Waals surface area contributed by atoms with E-state index in [1.165, 1.54) is 6.33 Å². The Morgan fingerprint density at radius 3 is 2.57 bits per heavy atom. The summed E-state index contributed by atoms with van der Waals surface area (Å²) in [6, 6.07) is 3.60. The van der Waals surface area contributed by atoms with Gasteiger partial charge in [-0.1, -0.05) is 0 Å². The lowest BCUT2D eigenvalue weighted by Gasteiger charge is -2.07. The number of ether oxygens (including phenoxy) is 2. The van der Waals surface area contributed by atoms with Crippen LogP contribution in [0.3, 0.4) is 0 Å². The zero-order chi connectivity index (χ0) is 9.97. The fraction of sp³-hybridized carbons (Fsp3) is 0.200. The second kappa shape index (κ2) is 3.49. The number of hydrogen-bond acceptors (Lipinski definition) is 4. The second-order valence-corrected chi connectivity index (χ2v) is 2.71. The van der Waals surface area contributed by atoms with Crippen molar-refractivity contribution >= 4 is 10.9 Å². The van der Waals surface area contributed by atoms with Gasteiger partial charge in [-0.15, -0.1) is 0 Å². The van der Waals surface area contributed by atoms with Gasteiger partial charge in [0.1, 0.15) is 12.5 Å². The molecule has 2 rings (SSSR count). The quantitative estimate of drug-likeness (QED) is 0.717. The van der Waals surface area contributed by atoms with Crippen molar-refractivity contribution in [2.24, 2.45) is 0 Å². The smallest absolute Gasteiger partial charge is 0.162 e. The van der Waals surface area contributed by atoms with Crippen LogP contribution >= 0.6 is 0 Å². The van der Waals surface area contributed by atoms with Crippen molar-refractivity contribution in [2.45, 2.75) is 0 Å². The van der Waals surface area contributed by atoms with Crippen LogP contribution in [0.25, 0.3) is 10.9 Å². The molecule has 4 nitrogen and oxygen atoms in total. The Morgan fingerprint density at radius 1 is 1.14 bits per heavy atom. The first-order valence-electron chi connectivity index (χ1n) is 4.09. The summed E-state index contributed by atoms with van der Waals surface area (Å²) >= 11 is 0. The molecular weight excluding hydrogens is 180 g/mol. The van der Waals surface area contributed by atoms with Gasteiger partial charge in [0.15, 0.2) is 11.5 Å². The van der Waals surface area contributed by atoms with Gasteiger partial charge < -0.3 is 9.47 Å². The highest BCUT2D eigenvalue weighted by Crippen LogP contribution is 2.30. The summed E-state index contributed by atoms with van der Waals surface area (Å²) in [5.41, 5.74) is 0.789. The standard InChI is InChI=1S/C10H9N2O2/c1-13-9-3-7-5-11-6-12-8(7)4-10(9)14-2/h3-4,6H,1-2H3. The first kappa shape index (κ1) is 8.74. The molecule has 2 aromatic rings. The molecule has 0 spiro atoms. The van der Waals surface area contributed by atoms with E-state index in [9.17, 15) is 0 Å². The van der Waals surface area contributed by atoms with Crippen molar-refractivity contribution in [1.82, 2.24) is 9.97 Å². The van der Waals surface area contributed by atoms with E-state index in [0.29, 0.717) is 11.5 Å². The van der Waals surface area contributed by atoms with Crippen LogP contribution in [0, 0.1) is 6.20 Å². The molecule has 0 aliphatic heterocycles. The van der Waals surface area contributed by atoms with Crippen LogP contribution in [0.2, 0.25) is 0 Å². The fourth-order valence-electron chi connectivity index (χ4n) is 1.25. The van der Waals surface area contributed by atoms with E-state index >= 15 is 0 Å². The van der Waals surface area contributed by atoms with Gasteiger partial charge in [-0.3, -0.25) is 0 Å². The molecule has 0 amide bonds. The fourth-order valence-corrected chi connectivity index (χ4v) is 1.25. The van der Waals surface area contributed by atoms with E-state index in [2.05, 4.69) is 16.2 Å². The topological polar surface area (TPSA) is 44.2 Å². The summed E-state index contributed by atoms with van der Waals surface area (Å²) in [7, 11) is 3.18. The molecule has 14 heavy (non-hydrogen) atoms. The monoisotopic (exact) mass is 189 g/mol. The van der Waals surface area contributed by atoms with E-state index in [0.717, 1.165) is 10.9 Å². The number of nitrogens with zero attached hydrogens (tertiary/aromatic N) is 2. The van der Waals surface area contributed by atoms with Crippen LogP contribution in [0.15, 0.2) is 18.5 Å². The zero-order valence-electron chi connectivity index (χ0n) is 7.94. The highest BCUT2D eigenvalue weighted by molar-refractivity contribution is 5.81. The molecule has 1 radical (unpaired) electrons. The third-order valence-corrected chi connectivity index (χ3v) is 1.94. The van der Waals surface area contributed by atoms with Gasteiger partial charge in [-0.2, -0.15) is 0 Å². The van der Waals surface area contributed by atoms with E-state index in [1.807, 2.05) is 0 Å². The minimum atomic E-state index is 0.658.